The van der Waals surface area contributed by atoms with Crippen molar-refractivity contribution >= 4 is 5.91 Å². The Kier molecular flexibility index (Phi) is 4.63. The van der Waals surface area contributed by atoms with Crippen LogP contribution in [-0.4, -0.2) is 41.7 Å². The third-order valence-electron chi connectivity index (χ3n) is 5.55. The molecule has 0 N–H and O–H groups in total. The molecule has 30 heavy (non-hydrogen) atoms. The lowest BCUT2D eigenvalue weighted by Gasteiger charge is -2.34. The second-order valence-corrected chi connectivity index (χ2v) is 7.59. The second kappa shape index (κ2) is 7.59. The molecule has 1 aliphatic rings. The number of nitrogens with zero attached hydrogens (tertiary/aromatic N) is 6. The summed E-state index contributed by atoms with van der Waals surface area (Å²) in [5, 5.41) is 4.30. The highest BCUT2D eigenvalue weighted by atomic mass is 16.2. The van der Waals surface area contributed by atoms with Crippen molar-refractivity contribution in [3.63, 3.8) is 0 Å². The number of carbonyl (C=O) groups is 1. The number of aryl methyl sites for hydroxylation is 1. The molecule has 0 fully saturated rings. The zero-order valence-electron chi connectivity index (χ0n) is 16.7. The molecule has 1 amide bonds. The summed E-state index contributed by atoms with van der Waals surface area (Å²) in [6, 6.07) is 14.1. The summed E-state index contributed by atoms with van der Waals surface area (Å²) < 4.78 is 3.80. The third kappa shape index (κ3) is 3.39. The van der Waals surface area contributed by atoms with Gasteiger partial charge in [0.2, 0.25) is 0 Å². The zero-order valence-corrected chi connectivity index (χ0v) is 16.7. The molecule has 1 aliphatic heterocycles. The topological polar surface area (TPSA) is 68.8 Å². The van der Waals surface area contributed by atoms with E-state index in [1.807, 2.05) is 42.7 Å². The lowest BCUT2D eigenvalue weighted by Crippen LogP contribution is -2.39. The minimum absolute atomic E-state index is 0.00529. The molecule has 0 aliphatic carbocycles. The first-order valence-corrected chi connectivity index (χ1v) is 9.95. The molecule has 3 aromatic heterocycles. The van der Waals surface area contributed by atoms with Crippen LogP contribution >= 0.6 is 0 Å². The van der Waals surface area contributed by atoms with Crippen molar-refractivity contribution in [3.05, 3.63) is 102 Å². The monoisotopic (exact) mass is 398 g/mol. The van der Waals surface area contributed by atoms with E-state index in [0.29, 0.717) is 25.3 Å². The molecular formula is C23H22N6O. The van der Waals surface area contributed by atoms with E-state index < -0.39 is 0 Å². The Morgan fingerprint density at radius 2 is 2.00 bits per heavy atom. The fraction of sp³-hybridized carbons (Fsp3) is 0.217. The summed E-state index contributed by atoms with van der Waals surface area (Å²) in [4.78, 5) is 23.9. The number of aromatic nitrogens is 5. The highest BCUT2D eigenvalue weighted by molar-refractivity contribution is 5.92. The summed E-state index contributed by atoms with van der Waals surface area (Å²) in [5.41, 5.74) is 3.95. The molecule has 7 heteroatoms. The highest BCUT2D eigenvalue weighted by Gasteiger charge is 2.32. The Morgan fingerprint density at radius 1 is 1.10 bits per heavy atom. The number of imidazole rings is 1. The van der Waals surface area contributed by atoms with Crippen LogP contribution in [-0.2, 0) is 20.1 Å². The number of rotatable bonds is 4. The van der Waals surface area contributed by atoms with Crippen LogP contribution in [0.5, 0.6) is 0 Å². The largest absolute Gasteiger partial charge is 0.332 e. The molecule has 0 saturated carbocycles. The van der Waals surface area contributed by atoms with Crippen LogP contribution in [0.4, 0.5) is 0 Å². The molecule has 0 unspecified atom stereocenters. The van der Waals surface area contributed by atoms with Gasteiger partial charge in [-0.1, -0.05) is 30.3 Å². The minimum atomic E-state index is -0.0551. The number of pyridine rings is 1. The first-order valence-electron chi connectivity index (χ1n) is 9.95. The Morgan fingerprint density at radius 3 is 2.80 bits per heavy atom. The van der Waals surface area contributed by atoms with E-state index >= 15 is 0 Å². The predicted octanol–water partition coefficient (Wildman–Crippen LogP) is 2.85. The van der Waals surface area contributed by atoms with Gasteiger partial charge in [-0.05, 0) is 28.8 Å². The van der Waals surface area contributed by atoms with Crippen molar-refractivity contribution in [1.29, 1.82) is 0 Å². The number of benzene rings is 1. The fourth-order valence-electron chi connectivity index (χ4n) is 4.13. The normalized spacial score (nSPS) is 15.8. The number of hydrogen-bond donors (Lipinski definition) is 0. The van der Waals surface area contributed by atoms with Crippen molar-refractivity contribution in [2.75, 3.05) is 6.54 Å². The molecule has 0 spiro atoms. The molecule has 0 radical (unpaired) electrons. The van der Waals surface area contributed by atoms with Gasteiger partial charge in [-0.15, -0.1) is 0 Å². The predicted molar refractivity (Wildman–Crippen MR) is 112 cm³/mol. The van der Waals surface area contributed by atoms with Gasteiger partial charge in [-0.3, -0.25) is 14.5 Å². The first kappa shape index (κ1) is 18.3. The summed E-state index contributed by atoms with van der Waals surface area (Å²) in [7, 11) is 1.82. The molecule has 150 valence electrons. The second-order valence-electron chi connectivity index (χ2n) is 7.59. The van der Waals surface area contributed by atoms with Crippen LogP contribution < -0.4 is 0 Å². The molecule has 1 aromatic carbocycles. The quantitative estimate of drug-likeness (QED) is 0.530. The lowest BCUT2D eigenvalue weighted by molar-refractivity contribution is 0.0716. The van der Waals surface area contributed by atoms with E-state index in [-0.39, 0.29) is 11.8 Å². The Balaban J connectivity index is 1.50. The zero-order chi connectivity index (χ0) is 20.5. The van der Waals surface area contributed by atoms with Crippen molar-refractivity contribution in [1.82, 2.24) is 29.2 Å². The van der Waals surface area contributed by atoms with E-state index in [4.69, 9.17) is 4.98 Å². The van der Waals surface area contributed by atoms with Gasteiger partial charge in [-0.2, -0.15) is 5.10 Å². The lowest BCUT2D eigenvalue weighted by atomic mass is 9.88. The molecule has 4 heterocycles. The maximum atomic E-state index is 13.1. The minimum Gasteiger partial charge on any atom is -0.332 e. The molecule has 5 rings (SSSR count). The van der Waals surface area contributed by atoms with Crippen LogP contribution in [0.25, 0.3) is 0 Å². The standard InChI is InChI=1S/C23H22N6O/c1-27-11-8-21(26-27)23(30)29-15-18-6-2-3-7-19(18)20(16-29)22-25-10-12-28(22)14-17-5-4-9-24-13-17/h2-13,20H,14-16H2,1H3/t20-/m1/s1. The SMILES string of the molecule is Cn1ccc(C(=O)N2Cc3ccccc3[C@H](c3nccn3Cc3cccnc3)C2)n1. The third-order valence-corrected chi connectivity index (χ3v) is 5.55. The van der Waals surface area contributed by atoms with Gasteiger partial charge in [0.15, 0.2) is 0 Å². The molecule has 0 saturated heterocycles. The summed E-state index contributed by atoms with van der Waals surface area (Å²) in [6.45, 7) is 1.83. The highest BCUT2D eigenvalue weighted by Crippen LogP contribution is 2.33. The Labute approximate surface area is 174 Å². The van der Waals surface area contributed by atoms with Crippen LogP contribution in [0.1, 0.15) is 38.9 Å². The summed E-state index contributed by atoms with van der Waals surface area (Å²) >= 11 is 0. The van der Waals surface area contributed by atoms with E-state index in [2.05, 4.69) is 38.9 Å². The number of carbonyl (C=O) groups excluding carboxylic acids is 1. The number of hydrogen-bond acceptors (Lipinski definition) is 4. The van der Waals surface area contributed by atoms with Crippen LogP contribution in [0, 0.1) is 0 Å². The van der Waals surface area contributed by atoms with Crippen LogP contribution in [0.3, 0.4) is 0 Å². The fourth-order valence-corrected chi connectivity index (χ4v) is 4.13. The van der Waals surface area contributed by atoms with E-state index in [1.165, 1.54) is 5.56 Å². The van der Waals surface area contributed by atoms with Gasteiger partial charge in [-0.25, -0.2) is 4.98 Å². The average molecular weight is 398 g/mol. The van der Waals surface area contributed by atoms with Gasteiger partial charge < -0.3 is 9.47 Å². The van der Waals surface area contributed by atoms with Gasteiger partial charge in [0.05, 0.1) is 12.5 Å². The van der Waals surface area contributed by atoms with Gasteiger partial charge in [0, 0.05) is 51.1 Å². The van der Waals surface area contributed by atoms with Crippen molar-refractivity contribution < 1.29 is 4.79 Å². The molecule has 1 atom stereocenters. The molecule has 4 aromatic rings. The van der Waals surface area contributed by atoms with Crippen LogP contribution in [0.15, 0.2) is 73.4 Å². The van der Waals surface area contributed by atoms with Crippen molar-refractivity contribution in [2.24, 2.45) is 7.05 Å². The summed E-state index contributed by atoms with van der Waals surface area (Å²) in [6.07, 6.45) is 9.26. The average Bonchev–Trinajstić information content (AvgIpc) is 3.42. The number of fused-ring (bicyclic) bond motifs is 1. The van der Waals surface area contributed by atoms with E-state index in [0.717, 1.165) is 17.0 Å². The Bertz CT molecular complexity index is 1180. The summed E-state index contributed by atoms with van der Waals surface area (Å²) in [5.74, 6) is 0.888. The van der Waals surface area contributed by atoms with Crippen LogP contribution in [0.2, 0.25) is 0 Å². The smallest absolute Gasteiger partial charge is 0.274 e. The molecule has 7 nitrogen and oxygen atoms in total. The Hall–Kier alpha value is -3.74. The van der Waals surface area contributed by atoms with Crippen molar-refractivity contribution in [2.45, 2.75) is 19.0 Å². The van der Waals surface area contributed by atoms with Gasteiger partial charge in [0.25, 0.3) is 5.91 Å². The van der Waals surface area contributed by atoms with E-state index in [9.17, 15) is 4.79 Å². The van der Waals surface area contributed by atoms with Crippen molar-refractivity contribution in [3.8, 4) is 0 Å². The maximum absolute atomic E-state index is 13.1. The molecule has 0 bridgehead atoms. The van der Waals surface area contributed by atoms with Gasteiger partial charge in [0.1, 0.15) is 11.5 Å². The van der Waals surface area contributed by atoms with Gasteiger partial charge >= 0.3 is 0 Å². The number of amides is 1. The molecular weight excluding hydrogens is 376 g/mol. The first-order chi connectivity index (χ1) is 14.7. The maximum Gasteiger partial charge on any atom is 0.274 e. The van der Waals surface area contributed by atoms with E-state index in [1.54, 1.807) is 23.1 Å².